The zero-order valence-electron chi connectivity index (χ0n) is 10.4. The molecule has 0 amide bonds. The van der Waals surface area contributed by atoms with Gasteiger partial charge in [0.05, 0.1) is 6.10 Å². The highest BCUT2D eigenvalue weighted by atomic mass is 16.3. The third-order valence-electron chi connectivity index (χ3n) is 3.59. The van der Waals surface area contributed by atoms with Crippen molar-refractivity contribution in [1.82, 2.24) is 9.88 Å². The van der Waals surface area contributed by atoms with E-state index in [9.17, 15) is 5.11 Å². The van der Waals surface area contributed by atoms with E-state index in [1.165, 1.54) is 0 Å². The van der Waals surface area contributed by atoms with Crippen LogP contribution in [0, 0.1) is 24.2 Å². The van der Waals surface area contributed by atoms with Crippen LogP contribution in [0.5, 0.6) is 0 Å². The van der Waals surface area contributed by atoms with Gasteiger partial charge in [0.15, 0.2) is 0 Å². The molecular formula is C13H19N3O. The first-order valence-corrected chi connectivity index (χ1v) is 6.07. The molecule has 0 aliphatic heterocycles. The van der Waals surface area contributed by atoms with Gasteiger partial charge in [-0.25, -0.2) is 0 Å². The number of nitrogens with zero attached hydrogens (tertiary/aromatic N) is 2. The molecule has 92 valence electrons. The summed E-state index contributed by atoms with van der Waals surface area (Å²) in [6.45, 7) is 3.36. The fourth-order valence-electron chi connectivity index (χ4n) is 2.05. The van der Waals surface area contributed by atoms with E-state index >= 15 is 0 Å². The predicted molar refractivity (Wildman–Crippen MR) is 65.3 cm³/mol. The molecule has 4 heteroatoms. The highest BCUT2D eigenvalue weighted by molar-refractivity contribution is 5.34. The maximum absolute atomic E-state index is 9.72. The van der Waals surface area contributed by atoms with Crippen molar-refractivity contribution in [2.24, 2.45) is 13.0 Å². The van der Waals surface area contributed by atoms with Crippen molar-refractivity contribution in [2.45, 2.75) is 32.4 Å². The van der Waals surface area contributed by atoms with Crippen LogP contribution in [0.2, 0.25) is 0 Å². The van der Waals surface area contributed by atoms with Crippen LogP contribution in [0.4, 0.5) is 0 Å². The minimum Gasteiger partial charge on any atom is -0.392 e. The van der Waals surface area contributed by atoms with Gasteiger partial charge in [-0.2, -0.15) is 5.26 Å². The Labute approximate surface area is 102 Å². The molecule has 2 rings (SSSR count). The third-order valence-corrected chi connectivity index (χ3v) is 3.59. The number of nitrogens with one attached hydrogen (secondary N) is 1. The summed E-state index contributed by atoms with van der Waals surface area (Å²) >= 11 is 0. The summed E-state index contributed by atoms with van der Waals surface area (Å²) in [5.74, 6) is 0.508. The van der Waals surface area contributed by atoms with Crippen LogP contribution < -0.4 is 5.32 Å². The quantitative estimate of drug-likeness (QED) is 0.799. The Hall–Kier alpha value is -1.31. The molecule has 17 heavy (non-hydrogen) atoms. The van der Waals surface area contributed by atoms with Gasteiger partial charge in [0, 0.05) is 25.8 Å². The number of hydrogen-bond acceptors (Lipinski definition) is 3. The summed E-state index contributed by atoms with van der Waals surface area (Å²) in [4.78, 5) is 0. The van der Waals surface area contributed by atoms with Crippen LogP contribution in [0.1, 0.15) is 29.8 Å². The molecule has 1 aliphatic carbocycles. The molecule has 1 unspecified atom stereocenters. The molecule has 1 aromatic heterocycles. The Bertz CT molecular complexity index is 440. The molecule has 0 radical (unpaired) electrons. The van der Waals surface area contributed by atoms with Crippen molar-refractivity contribution in [3.05, 3.63) is 23.0 Å². The molecule has 1 aromatic rings. The predicted octanol–water partition coefficient (Wildman–Crippen LogP) is 1.07. The van der Waals surface area contributed by atoms with Gasteiger partial charge in [0.1, 0.15) is 11.8 Å². The van der Waals surface area contributed by atoms with Crippen molar-refractivity contribution in [1.29, 1.82) is 5.26 Å². The minimum atomic E-state index is -0.213. The normalized spacial score (nSPS) is 16.8. The van der Waals surface area contributed by atoms with E-state index < -0.39 is 0 Å². The topological polar surface area (TPSA) is 61.0 Å². The van der Waals surface area contributed by atoms with Crippen molar-refractivity contribution >= 4 is 0 Å². The van der Waals surface area contributed by atoms with Crippen LogP contribution in [0.3, 0.4) is 0 Å². The number of aromatic nitrogens is 1. The molecule has 0 bridgehead atoms. The van der Waals surface area contributed by atoms with Gasteiger partial charge < -0.3 is 15.0 Å². The standard InChI is InChI=1S/C13H19N3O/c1-9-11(5-12(6-14)16(9)2)7-15-8-13(17)10-3-4-10/h5,10,13,15,17H,3-4,7-8H2,1-2H3. The second-order valence-electron chi connectivity index (χ2n) is 4.85. The van der Waals surface area contributed by atoms with Crippen LogP contribution in [0.15, 0.2) is 6.07 Å². The van der Waals surface area contributed by atoms with Crippen LogP contribution in [-0.2, 0) is 13.6 Å². The maximum atomic E-state index is 9.72. The lowest BCUT2D eigenvalue weighted by Crippen LogP contribution is -2.27. The van der Waals surface area contributed by atoms with Crippen molar-refractivity contribution < 1.29 is 5.11 Å². The highest BCUT2D eigenvalue weighted by Crippen LogP contribution is 2.32. The summed E-state index contributed by atoms with van der Waals surface area (Å²) in [5, 5.41) is 21.9. The monoisotopic (exact) mass is 233 g/mol. The van der Waals surface area contributed by atoms with E-state index in [-0.39, 0.29) is 6.10 Å². The van der Waals surface area contributed by atoms with Crippen molar-refractivity contribution in [3.8, 4) is 6.07 Å². The van der Waals surface area contributed by atoms with Gasteiger partial charge >= 0.3 is 0 Å². The van der Waals surface area contributed by atoms with Crippen LogP contribution >= 0.6 is 0 Å². The third kappa shape index (κ3) is 2.68. The van der Waals surface area contributed by atoms with Gasteiger partial charge in [-0.1, -0.05) is 0 Å². The molecule has 2 N–H and O–H groups in total. The first kappa shape index (κ1) is 12.2. The van der Waals surface area contributed by atoms with Crippen LogP contribution in [0.25, 0.3) is 0 Å². The van der Waals surface area contributed by atoms with Gasteiger partial charge in [0.2, 0.25) is 0 Å². The second-order valence-corrected chi connectivity index (χ2v) is 4.85. The summed E-state index contributed by atoms with van der Waals surface area (Å²) in [6, 6.07) is 4.08. The molecule has 1 aliphatic rings. The number of nitriles is 1. The van der Waals surface area contributed by atoms with E-state index in [0.717, 1.165) is 24.1 Å². The van der Waals surface area contributed by atoms with Gasteiger partial charge in [-0.05, 0) is 37.3 Å². The first-order chi connectivity index (χ1) is 8.13. The van der Waals surface area contributed by atoms with E-state index in [0.29, 0.717) is 24.7 Å². The van der Waals surface area contributed by atoms with Gasteiger partial charge in [0.25, 0.3) is 0 Å². The lowest BCUT2D eigenvalue weighted by molar-refractivity contribution is 0.148. The smallest absolute Gasteiger partial charge is 0.120 e. The number of aliphatic hydroxyl groups is 1. The maximum Gasteiger partial charge on any atom is 0.120 e. The Morgan fingerprint density at radius 1 is 1.65 bits per heavy atom. The molecule has 1 fully saturated rings. The summed E-state index contributed by atoms with van der Waals surface area (Å²) in [7, 11) is 1.90. The molecule has 4 nitrogen and oxygen atoms in total. The fourth-order valence-corrected chi connectivity index (χ4v) is 2.05. The number of hydrogen-bond donors (Lipinski definition) is 2. The summed E-state index contributed by atoms with van der Waals surface area (Å²) in [6.07, 6.45) is 2.10. The molecule has 1 heterocycles. The Morgan fingerprint density at radius 2 is 2.35 bits per heavy atom. The Kier molecular flexibility index (Phi) is 3.51. The highest BCUT2D eigenvalue weighted by Gasteiger charge is 2.29. The fraction of sp³-hybridized carbons (Fsp3) is 0.615. The summed E-state index contributed by atoms with van der Waals surface area (Å²) in [5.41, 5.74) is 2.92. The SMILES string of the molecule is Cc1c(CNCC(O)C2CC2)cc(C#N)n1C. The molecule has 0 saturated heterocycles. The number of rotatable bonds is 5. The Morgan fingerprint density at radius 3 is 2.88 bits per heavy atom. The van der Waals surface area contributed by atoms with Gasteiger partial charge in [-0.15, -0.1) is 0 Å². The van der Waals surface area contributed by atoms with E-state index in [2.05, 4.69) is 11.4 Å². The van der Waals surface area contributed by atoms with Gasteiger partial charge in [-0.3, -0.25) is 0 Å². The van der Waals surface area contributed by atoms with Crippen molar-refractivity contribution in [2.75, 3.05) is 6.54 Å². The zero-order chi connectivity index (χ0) is 12.4. The molecule has 0 spiro atoms. The van der Waals surface area contributed by atoms with Crippen LogP contribution in [-0.4, -0.2) is 22.3 Å². The van der Waals surface area contributed by atoms with E-state index in [4.69, 9.17) is 5.26 Å². The zero-order valence-corrected chi connectivity index (χ0v) is 10.4. The average Bonchev–Trinajstić information content (AvgIpc) is 3.12. The molecule has 1 atom stereocenters. The first-order valence-electron chi connectivity index (χ1n) is 6.07. The minimum absolute atomic E-state index is 0.213. The van der Waals surface area contributed by atoms with E-state index in [1.54, 1.807) is 0 Å². The molecular weight excluding hydrogens is 214 g/mol. The molecule has 1 saturated carbocycles. The lowest BCUT2D eigenvalue weighted by atomic mass is 10.2. The summed E-state index contributed by atoms with van der Waals surface area (Å²) < 4.78 is 1.90. The lowest BCUT2D eigenvalue weighted by Gasteiger charge is -2.10. The largest absolute Gasteiger partial charge is 0.392 e. The Balaban J connectivity index is 1.88. The van der Waals surface area contributed by atoms with Crippen molar-refractivity contribution in [3.63, 3.8) is 0 Å². The second kappa shape index (κ2) is 4.91. The average molecular weight is 233 g/mol. The number of aliphatic hydroxyl groups excluding tert-OH is 1. The van der Waals surface area contributed by atoms with E-state index in [1.807, 2.05) is 24.6 Å². The molecule has 0 aromatic carbocycles.